The summed E-state index contributed by atoms with van der Waals surface area (Å²) in [7, 11) is 0. The first-order valence-electron chi connectivity index (χ1n) is 3.38. The van der Waals surface area contributed by atoms with Crippen LogP contribution >= 0.6 is 0 Å². The molecule has 4 heteroatoms. The summed E-state index contributed by atoms with van der Waals surface area (Å²) in [5, 5.41) is 8.10. The Morgan fingerprint density at radius 1 is 1.58 bits per heavy atom. The summed E-state index contributed by atoms with van der Waals surface area (Å²) in [6.45, 7) is 1.58. The molecular formula is C8H7F2NO. The number of halogens is 2. The van der Waals surface area contributed by atoms with Gasteiger partial charge in [-0.05, 0) is 19.1 Å². The predicted molar refractivity (Wildman–Crippen MR) is 37.6 cm³/mol. The second-order valence-electron chi connectivity index (χ2n) is 2.45. The molecule has 0 fully saturated rings. The first-order chi connectivity index (χ1) is 5.56. The van der Waals surface area contributed by atoms with E-state index < -0.39 is 18.1 Å². The molecule has 0 aliphatic rings. The number of alkyl halides is 2. The van der Waals surface area contributed by atoms with Crippen LogP contribution in [-0.2, 0) is 5.92 Å². The topological polar surface area (TPSA) is 36.9 Å². The van der Waals surface area contributed by atoms with E-state index in [0.717, 1.165) is 0 Å². The highest BCUT2D eigenvalue weighted by Crippen LogP contribution is 2.32. The van der Waals surface area contributed by atoms with E-state index in [4.69, 9.17) is 9.68 Å². The van der Waals surface area contributed by atoms with Gasteiger partial charge >= 0.3 is 5.92 Å². The summed E-state index contributed by atoms with van der Waals surface area (Å²) in [6, 6.07) is 4.04. The minimum Gasteiger partial charge on any atom is -0.460 e. The Labute approximate surface area is 68.4 Å². The van der Waals surface area contributed by atoms with Crippen LogP contribution in [0.25, 0.3) is 0 Å². The minimum atomic E-state index is -3.16. The first-order valence-corrected chi connectivity index (χ1v) is 3.38. The molecule has 1 rings (SSSR count). The van der Waals surface area contributed by atoms with Crippen LogP contribution < -0.4 is 0 Å². The Morgan fingerprint density at radius 2 is 2.25 bits per heavy atom. The van der Waals surface area contributed by atoms with Crippen LogP contribution in [0.5, 0.6) is 0 Å². The van der Waals surface area contributed by atoms with Crippen LogP contribution in [0.15, 0.2) is 16.5 Å². The maximum absolute atomic E-state index is 12.9. The van der Waals surface area contributed by atoms with Gasteiger partial charge in [0.2, 0.25) is 0 Å². The minimum absolute atomic E-state index is 0.419. The van der Waals surface area contributed by atoms with Gasteiger partial charge in [-0.3, -0.25) is 0 Å². The van der Waals surface area contributed by atoms with Gasteiger partial charge < -0.3 is 4.42 Å². The third-order valence-electron chi connectivity index (χ3n) is 1.40. The summed E-state index contributed by atoms with van der Waals surface area (Å²) in [5.41, 5.74) is 0. The molecule has 0 bridgehead atoms. The zero-order chi connectivity index (χ0) is 9.19. The van der Waals surface area contributed by atoms with Gasteiger partial charge in [0.15, 0.2) is 5.76 Å². The second kappa shape index (κ2) is 2.94. The normalized spacial score (nSPS) is 11.2. The van der Waals surface area contributed by atoms with Crippen molar-refractivity contribution in [1.82, 2.24) is 0 Å². The highest BCUT2D eigenvalue weighted by Gasteiger charge is 2.34. The third-order valence-corrected chi connectivity index (χ3v) is 1.40. The zero-order valence-corrected chi connectivity index (χ0v) is 6.47. The molecule has 0 radical (unpaired) electrons. The molecule has 0 aromatic carbocycles. The fraction of sp³-hybridized carbons (Fsp3) is 0.375. The predicted octanol–water partition coefficient (Wildman–Crippen LogP) is 2.59. The molecule has 12 heavy (non-hydrogen) atoms. The molecule has 0 saturated heterocycles. The number of aryl methyl sites for hydroxylation is 1. The van der Waals surface area contributed by atoms with E-state index in [9.17, 15) is 8.78 Å². The lowest BCUT2D eigenvalue weighted by atomic mass is 10.2. The number of hydrogen-bond donors (Lipinski definition) is 0. The van der Waals surface area contributed by atoms with Gasteiger partial charge in [-0.2, -0.15) is 14.0 Å². The summed E-state index contributed by atoms with van der Waals surface area (Å²) >= 11 is 0. The second-order valence-corrected chi connectivity index (χ2v) is 2.45. The molecule has 0 unspecified atom stereocenters. The summed E-state index contributed by atoms with van der Waals surface area (Å²) in [6.07, 6.45) is -0.847. The lowest BCUT2D eigenvalue weighted by molar-refractivity contribution is -0.0215. The van der Waals surface area contributed by atoms with Crippen LogP contribution in [0.1, 0.15) is 17.9 Å². The number of nitrogens with zero attached hydrogens (tertiary/aromatic N) is 1. The highest BCUT2D eigenvalue weighted by atomic mass is 19.3. The molecule has 1 heterocycles. The Bertz CT molecular complexity index is 311. The molecule has 2 nitrogen and oxygen atoms in total. The summed E-state index contributed by atoms with van der Waals surface area (Å²) in [5.74, 6) is -3.19. The van der Waals surface area contributed by atoms with Gasteiger partial charge in [-0.15, -0.1) is 0 Å². The van der Waals surface area contributed by atoms with Gasteiger partial charge in [0.1, 0.15) is 12.2 Å². The van der Waals surface area contributed by atoms with Crippen molar-refractivity contribution in [1.29, 1.82) is 5.26 Å². The quantitative estimate of drug-likeness (QED) is 0.685. The Morgan fingerprint density at radius 3 is 2.67 bits per heavy atom. The lowest BCUT2D eigenvalue weighted by Gasteiger charge is -2.07. The van der Waals surface area contributed by atoms with Crippen molar-refractivity contribution in [2.24, 2.45) is 0 Å². The molecule has 0 atom stereocenters. The van der Waals surface area contributed by atoms with Crippen LogP contribution in [0.3, 0.4) is 0 Å². The van der Waals surface area contributed by atoms with E-state index in [1.165, 1.54) is 18.2 Å². The van der Waals surface area contributed by atoms with Gasteiger partial charge in [-0.25, -0.2) is 0 Å². The van der Waals surface area contributed by atoms with Crippen molar-refractivity contribution in [3.05, 3.63) is 23.7 Å². The summed E-state index contributed by atoms with van der Waals surface area (Å²) < 4.78 is 30.4. The van der Waals surface area contributed by atoms with Crippen molar-refractivity contribution in [3.63, 3.8) is 0 Å². The lowest BCUT2D eigenvalue weighted by Crippen LogP contribution is -2.10. The Hall–Kier alpha value is -1.37. The maximum Gasteiger partial charge on any atom is 0.317 e. The fourth-order valence-corrected chi connectivity index (χ4v) is 0.818. The van der Waals surface area contributed by atoms with E-state index in [1.54, 1.807) is 6.92 Å². The van der Waals surface area contributed by atoms with Crippen molar-refractivity contribution >= 4 is 0 Å². The molecular weight excluding hydrogens is 164 g/mol. The summed E-state index contributed by atoms with van der Waals surface area (Å²) in [4.78, 5) is 0. The third kappa shape index (κ3) is 1.62. The fourth-order valence-electron chi connectivity index (χ4n) is 0.818. The van der Waals surface area contributed by atoms with E-state index >= 15 is 0 Å². The van der Waals surface area contributed by atoms with Gasteiger partial charge in [0.25, 0.3) is 0 Å². The largest absolute Gasteiger partial charge is 0.460 e. The highest BCUT2D eigenvalue weighted by molar-refractivity contribution is 5.12. The molecule has 0 saturated carbocycles. The molecule has 64 valence electrons. The van der Waals surface area contributed by atoms with Crippen LogP contribution in [0, 0.1) is 18.3 Å². The van der Waals surface area contributed by atoms with Gasteiger partial charge in [0, 0.05) is 0 Å². The van der Waals surface area contributed by atoms with Crippen molar-refractivity contribution < 1.29 is 13.2 Å². The first kappa shape index (κ1) is 8.72. The molecule has 1 aromatic rings. The Balaban J connectivity index is 2.90. The van der Waals surface area contributed by atoms with Gasteiger partial charge in [-0.1, -0.05) is 0 Å². The van der Waals surface area contributed by atoms with E-state index in [-0.39, 0.29) is 0 Å². The van der Waals surface area contributed by atoms with E-state index in [1.807, 2.05) is 0 Å². The molecule has 0 spiro atoms. The van der Waals surface area contributed by atoms with Crippen LogP contribution in [-0.4, -0.2) is 0 Å². The molecule has 0 aliphatic heterocycles. The number of nitriles is 1. The maximum atomic E-state index is 12.9. The number of hydrogen-bond acceptors (Lipinski definition) is 2. The van der Waals surface area contributed by atoms with Crippen molar-refractivity contribution in [2.45, 2.75) is 19.3 Å². The van der Waals surface area contributed by atoms with Gasteiger partial charge in [0.05, 0.1) is 6.07 Å². The van der Waals surface area contributed by atoms with Crippen LogP contribution in [0.2, 0.25) is 0 Å². The van der Waals surface area contributed by atoms with Crippen molar-refractivity contribution in [2.75, 3.05) is 0 Å². The number of rotatable bonds is 2. The molecule has 0 amide bonds. The molecule has 1 aromatic heterocycles. The average Bonchev–Trinajstić information content (AvgIpc) is 2.36. The molecule has 0 aliphatic carbocycles. The zero-order valence-electron chi connectivity index (χ0n) is 6.47. The van der Waals surface area contributed by atoms with Crippen LogP contribution in [0.4, 0.5) is 8.78 Å². The van der Waals surface area contributed by atoms with E-state index in [2.05, 4.69) is 0 Å². The SMILES string of the molecule is Cc1ccc(C(F)(F)CC#N)o1. The molecule has 0 N–H and O–H groups in total. The Kier molecular flexibility index (Phi) is 2.13. The average molecular weight is 171 g/mol. The number of furan rings is 1. The standard InChI is InChI=1S/C8H7F2NO/c1-6-2-3-7(12-6)8(9,10)4-5-11/h2-3H,4H2,1H3. The van der Waals surface area contributed by atoms with E-state index in [0.29, 0.717) is 5.76 Å². The smallest absolute Gasteiger partial charge is 0.317 e. The monoisotopic (exact) mass is 171 g/mol. The van der Waals surface area contributed by atoms with Crippen molar-refractivity contribution in [3.8, 4) is 6.07 Å².